The molecule has 0 saturated carbocycles. The molecule has 0 aliphatic heterocycles. The molecule has 0 aromatic heterocycles. The summed E-state index contributed by atoms with van der Waals surface area (Å²) in [6, 6.07) is 16.2. The molecule has 0 radical (unpaired) electrons. The van der Waals surface area contributed by atoms with Crippen LogP contribution < -0.4 is 0 Å². The van der Waals surface area contributed by atoms with Crippen LogP contribution in [0, 0.1) is 34.8 Å². The first kappa shape index (κ1) is 29.9. The molecule has 166 valence electrons. The van der Waals surface area contributed by atoms with E-state index >= 15 is 0 Å². The monoisotopic (exact) mass is 514 g/mol. The number of nitrogens with zero attached hydrogens (tertiary/aromatic N) is 2. The molecule has 5 heteroatoms. The van der Waals surface area contributed by atoms with Gasteiger partial charge in [-0.15, -0.1) is 13.8 Å². The summed E-state index contributed by atoms with van der Waals surface area (Å²) in [6.45, 7) is 8.48. The SMILES string of the molecule is CC1=C(C)CC=[C-]1.CC1=C(C)CC=[C-]1.N#Cc1cccc(O)c1.N#Cc1cccc(O)c1.[Zr+2]. The number of phenols is 2. The van der Waals surface area contributed by atoms with E-state index in [0.29, 0.717) is 11.1 Å². The molecule has 0 amide bonds. The Labute approximate surface area is 216 Å². The quantitative estimate of drug-likeness (QED) is 0.382. The van der Waals surface area contributed by atoms with Crippen molar-refractivity contribution in [3.05, 3.63) is 106 Å². The van der Waals surface area contributed by atoms with Crippen molar-refractivity contribution in [3.8, 4) is 23.6 Å². The minimum absolute atomic E-state index is 0. The van der Waals surface area contributed by atoms with Crippen molar-refractivity contribution in [2.45, 2.75) is 40.5 Å². The predicted octanol–water partition coefficient (Wildman–Crippen LogP) is 6.70. The summed E-state index contributed by atoms with van der Waals surface area (Å²) in [5.74, 6) is 0.267. The Bertz CT molecular complexity index is 1020. The number of aromatic hydroxyl groups is 2. The van der Waals surface area contributed by atoms with Crippen LogP contribution in [-0.2, 0) is 26.2 Å². The van der Waals surface area contributed by atoms with Gasteiger partial charge in [0.25, 0.3) is 0 Å². The second-order valence-corrected chi connectivity index (χ2v) is 7.24. The van der Waals surface area contributed by atoms with Crippen LogP contribution in [0.15, 0.2) is 83.0 Å². The van der Waals surface area contributed by atoms with Crippen LogP contribution in [-0.4, -0.2) is 10.2 Å². The van der Waals surface area contributed by atoms with E-state index in [1.165, 1.54) is 46.6 Å². The Balaban J connectivity index is 0.000000412. The fourth-order valence-corrected chi connectivity index (χ4v) is 2.42. The van der Waals surface area contributed by atoms with Gasteiger partial charge >= 0.3 is 26.2 Å². The first-order chi connectivity index (χ1) is 15.3. The molecule has 2 aromatic rings. The number of phenolic OH excluding ortho intramolecular Hbond substituents is 2. The van der Waals surface area contributed by atoms with Gasteiger partial charge in [0.05, 0.1) is 23.3 Å². The predicted molar refractivity (Wildman–Crippen MR) is 127 cm³/mol. The standard InChI is InChI=1S/2C7H5NO.2C7H9.Zr/c2*8-5-6-2-1-3-7(9)4-6;2*1-6-4-3-5-7(6)2;/h2*1-4,9H;2*3H,4H2,1-2H3;/q;;2*-1;+2. The van der Waals surface area contributed by atoms with E-state index in [9.17, 15) is 0 Å². The molecule has 0 fully saturated rings. The van der Waals surface area contributed by atoms with Gasteiger partial charge in [-0.2, -0.15) is 22.7 Å². The molecule has 0 heterocycles. The number of rotatable bonds is 0. The summed E-state index contributed by atoms with van der Waals surface area (Å²) >= 11 is 0. The summed E-state index contributed by atoms with van der Waals surface area (Å²) < 4.78 is 0. The fourth-order valence-electron chi connectivity index (χ4n) is 2.42. The zero-order valence-corrected chi connectivity index (χ0v) is 21.9. The third kappa shape index (κ3) is 12.5. The van der Waals surface area contributed by atoms with E-state index in [4.69, 9.17) is 20.7 Å². The molecule has 4 rings (SSSR count). The summed E-state index contributed by atoms with van der Waals surface area (Å²) in [4.78, 5) is 0. The van der Waals surface area contributed by atoms with Gasteiger partial charge in [-0.25, -0.2) is 22.3 Å². The Morgan fingerprint density at radius 3 is 1.21 bits per heavy atom. The van der Waals surface area contributed by atoms with Crippen molar-refractivity contribution in [3.63, 3.8) is 0 Å². The summed E-state index contributed by atoms with van der Waals surface area (Å²) in [7, 11) is 0. The van der Waals surface area contributed by atoms with Crippen LogP contribution in [0.2, 0.25) is 0 Å². The normalized spacial score (nSPS) is 12.7. The van der Waals surface area contributed by atoms with Crippen LogP contribution in [0.5, 0.6) is 11.5 Å². The maximum absolute atomic E-state index is 8.79. The number of hydrogen-bond donors (Lipinski definition) is 2. The fraction of sp³-hybridized carbons (Fsp3) is 0.214. The minimum Gasteiger partial charge on any atom is -0.508 e. The summed E-state index contributed by atoms with van der Waals surface area (Å²) in [6.07, 6.45) is 12.6. The second kappa shape index (κ2) is 16.5. The first-order valence-corrected chi connectivity index (χ1v) is 10.1. The molecule has 2 aliphatic carbocycles. The second-order valence-electron chi connectivity index (χ2n) is 7.24. The summed E-state index contributed by atoms with van der Waals surface area (Å²) in [5, 5.41) is 34.2. The molecule has 4 nitrogen and oxygen atoms in total. The Morgan fingerprint density at radius 2 is 1.06 bits per heavy atom. The molecule has 33 heavy (non-hydrogen) atoms. The first-order valence-electron chi connectivity index (χ1n) is 10.1. The van der Waals surface area contributed by atoms with E-state index in [1.54, 1.807) is 24.3 Å². The number of nitriles is 2. The van der Waals surface area contributed by atoms with Crippen LogP contribution in [0.3, 0.4) is 0 Å². The molecular formula is C28H28N2O2Zr. The van der Waals surface area contributed by atoms with Gasteiger partial charge in [0.15, 0.2) is 0 Å². The van der Waals surface area contributed by atoms with Gasteiger partial charge in [0.1, 0.15) is 11.5 Å². The van der Waals surface area contributed by atoms with Gasteiger partial charge in [-0.05, 0) is 36.4 Å². The van der Waals surface area contributed by atoms with Gasteiger partial charge in [0.2, 0.25) is 0 Å². The van der Waals surface area contributed by atoms with E-state index in [2.05, 4.69) is 52.0 Å². The van der Waals surface area contributed by atoms with Crippen molar-refractivity contribution >= 4 is 0 Å². The van der Waals surface area contributed by atoms with Gasteiger partial charge < -0.3 is 10.2 Å². The van der Waals surface area contributed by atoms with E-state index in [0.717, 1.165) is 12.8 Å². The Kier molecular flexibility index (Phi) is 14.9. The number of allylic oxidation sites excluding steroid dienone is 8. The molecule has 0 atom stereocenters. The Hall–Kier alpha value is -3.14. The largest absolute Gasteiger partial charge is 2.00 e. The minimum atomic E-state index is 0. The number of benzene rings is 2. The topological polar surface area (TPSA) is 88.0 Å². The average Bonchev–Trinajstić information content (AvgIpc) is 3.35. The molecule has 2 aliphatic rings. The molecule has 0 bridgehead atoms. The van der Waals surface area contributed by atoms with Crippen molar-refractivity contribution in [1.29, 1.82) is 10.5 Å². The van der Waals surface area contributed by atoms with Gasteiger partial charge in [-0.3, -0.25) is 12.2 Å². The third-order valence-electron chi connectivity index (χ3n) is 4.68. The third-order valence-corrected chi connectivity index (χ3v) is 4.68. The van der Waals surface area contributed by atoms with Crippen LogP contribution in [0.25, 0.3) is 0 Å². The van der Waals surface area contributed by atoms with E-state index < -0.39 is 0 Å². The van der Waals surface area contributed by atoms with Crippen LogP contribution >= 0.6 is 0 Å². The maximum Gasteiger partial charge on any atom is 2.00 e. The average molecular weight is 516 g/mol. The maximum atomic E-state index is 8.79. The molecule has 2 aromatic carbocycles. The zero-order valence-electron chi connectivity index (χ0n) is 19.5. The van der Waals surface area contributed by atoms with Crippen molar-refractivity contribution < 1.29 is 36.4 Å². The summed E-state index contributed by atoms with van der Waals surface area (Å²) in [5.41, 5.74) is 6.52. The molecule has 0 saturated heterocycles. The van der Waals surface area contributed by atoms with Crippen molar-refractivity contribution in [2.75, 3.05) is 0 Å². The molecule has 2 N–H and O–H groups in total. The molecule has 0 spiro atoms. The van der Waals surface area contributed by atoms with Gasteiger partial charge in [0, 0.05) is 0 Å². The van der Waals surface area contributed by atoms with Crippen LogP contribution in [0.1, 0.15) is 51.7 Å². The van der Waals surface area contributed by atoms with E-state index in [1.807, 2.05) is 12.1 Å². The van der Waals surface area contributed by atoms with Crippen molar-refractivity contribution in [2.24, 2.45) is 0 Å². The van der Waals surface area contributed by atoms with E-state index in [-0.39, 0.29) is 37.7 Å². The van der Waals surface area contributed by atoms with Crippen LogP contribution in [0.4, 0.5) is 0 Å². The smallest absolute Gasteiger partial charge is 0.508 e. The number of hydrogen-bond acceptors (Lipinski definition) is 4. The van der Waals surface area contributed by atoms with Crippen molar-refractivity contribution in [1.82, 2.24) is 0 Å². The molecule has 0 unspecified atom stereocenters. The molecular weight excluding hydrogens is 488 g/mol. The van der Waals surface area contributed by atoms with Gasteiger partial charge in [-0.1, -0.05) is 38.8 Å². The Morgan fingerprint density at radius 1 is 0.697 bits per heavy atom. The zero-order chi connectivity index (χ0) is 23.9.